The van der Waals surface area contributed by atoms with E-state index in [0.717, 1.165) is 30.8 Å². The second-order valence-electron chi connectivity index (χ2n) is 6.57. The normalized spacial score (nSPS) is 26.7. The molecule has 1 saturated heterocycles. The molecule has 2 heterocycles. The quantitative estimate of drug-likeness (QED) is 0.660. The summed E-state index contributed by atoms with van der Waals surface area (Å²) >= 11 is 0. The van der Waals surface area contributed by atoms with Gasteiger partial charge in [-0.3, -0.25) is 21.2 Å². The predicted octanol–water partition coefficient (Wildman–Crippen LogP) is 2.42. The minimum absolute atomic E-state index is 0.0702. The first-order chi connectivity index (χ1) is 10.2. The van der Waals surface area contributed by atoms with Gasteiger partial charge in [-0.15, -0.1) is 0 Å². The molecule has 0 bridgehead atoms. The fourth-order valence-electron chi connectivity index (χ4n) is 3.92. The Hall–Kier alpha value is -1.04. The van der Waals surface area contributed by atoms with E-state index in [1.165, 1.54) is 32.1 Å². The smallest absolute Gasteiger partial charge is 0.0772 e. The van der Waals surface area contributed by atoms with Crippen LogP contribution in [0.1, 0.15) is 62.4 Å². The Kier molecular flexibility index (Phi) is 4.52. The summed E-state index contributed by atoms with van der Waals surface area (Å²) in [4.78, 5) is 8.87. The third-order valence-corrected chi connectivity index (χ3v) is 5.07. The highest BCUT2D eigenvalue weighted by Crippen LogP contribution is 2.43. The molecule has 2 fully saturated rings. The maximum Gasteiger partial charge on any atom is 0.0772 e. The standard InChI is InChI=1S/C16H26N4O/c1-12-10-19-14(11-18-12)15(20-17)13-5-8-21-16(9-13)6-3-2-4-7-16/h10-11,13,15,20H,2-9,17H2,1H3. The number of hydrogen-bond donors (Lipinski definition) is 2. The van der Waals surface area contributed by atoms with Crippen molar-refractivity contribution in [3.8, 4) is 0 Å². The molecule has 3 rings (SSSR count). The van der Waals surface area contributed by atoms with Crippen molar-refractivity contribution < 1.29 is 4.74 Å². The first kappa shape index (κ1) is 14.9. The van der Waals surface area contributed by atoms with Gasteiger partial charge in [0.15, 0.2) is 0 Å². The maximum absolute atomic E-state index is 6.18. The number of aromatic nitrogens is 2. The number of nitrogens with one attached hydrogen (secondary N) is 1. The molecule has 5 heteroatoms. The average molecular weight is 290 g/mol. The van der Waals surface area contributed by atoms with Gasteiger partial charge in [0.05, 0.1) is 29.2 Å². The molecule has 5 nitrogen and oxygen atoms in total. The molecule has 1 saturated carbocycles. The van der Waals surface area contributed by atoms with Crippen molar-refractivity contribution in [3.63, 3.8) is 0 Å². The highest BCUT2D eigenvalue weighted by Gasteiger charge is 2.41. The van der Waals surface area contributed by atoms with Crippen LogP contribution in [0.15, 0.2) is 12.4 Å². The van der Waals surface area contributed by atoms with Crippen LogP contribution in [-0.2, 0) is 4.74 Å². The summed E-state index contributed by atoms with van der Waals surface area (Å²) in [5, 5.41) is 0. The van der Waals surface area contributed by atoms with Crippen LogP contribution in [0, 0.1) is 12.8 Å². The van der Waals surface area contributed by atoms with Gasteiger partial charge in [0.25, 0.3) is 0 Å². The van der Waals surface area contributed by atoms with Crippen LogP contribution in [0.3, 0.4) is 0 Å². The highest BCUT2D eigenvalue weighted by atomic mass is 16.5. The SMILES string of the molecule is Cc1cnc(C(NN)C2CCOC3(CCCCC3)C2)cn1. The van der Waals surface area contributed by atoms with Gasteiger partial charge in [-0.2, -0.15) is 0 Å². The van der Waals surface area contributed by atoms with Crippen LogP contribution >= 0.6 is 0 Å². The fourth-order valence-corrected chi connectivity index (χ4v) is 3.92. The second kappa shape index (κ2) is 6.38. The summed E-state index contributed by atoms with van der Waals surface area (Å²) in [5.74, 6) is 6.30. The van der Waals surface area contributed by atoms with Gasteiger partial charge in [-0.05, 0) is 38.5 Å². The van der Waals surface area contributed by atoms with E-state index in [4.69, 9.17) is 10.6 Å². The molecule has 1 aromatic heterocycles. The minimum atomic E-state index is 0.0702. The van der Waals surface area contributed by atoms with E-state index in [9.17, 15) is 0 Å². The lowest BCUT2D eigenvalue weighted by molar-refractivity contribution is -0.122. The topological polar surface area (TPSA) is 73.1 Å². The minimum Gasteiger partial charge on any atom is -0.375 e. The van der Waals surface area contributed by atoms with Crippen LogP contribution < -0.4 is 11.3 Å². The molecule has 116 valence electrons. The van der Waals surface area contributed by atoms with Crippen LogP contribution in [-0.4, -0.2) is 22.2 Å². The Balaban J connectivity index is 1.75. The largest absolute Gasteiger partial charge is 0.375 e. The molecule has 1 aliphatic heterocycles. The molecular formula is C16H26N4O. The third kappa shape index (κ3) is 3.25. The van der Waals surface area contributed by atoms with Crippen molar-refractivity contribution in [1.82, 2.24) is 15.4 Å². The number of hydrogen-bond acceptors (Lipinski definition) is 5. The summed E-state index contributed by atoms with van der Waals surface area (Å²) in [6, 6.07) is 0.0702. The van der Waals surface area contributed by atoms with E-state index in [-0.39, 0.29) is 11.6 Å². The van der Waals surface area contributed by atoms with Crippen molar-refractivity contribution in [2.45, 2.75) is 63.5 Å². The Labute approximate surface area is 126 Å². The summed E-state index contributed by atoms with van der Waals surface area (Å²) in [5.41, 5.74) is 4.94. The second-order valence-corrected chi connectivity index (χ2v) is 6.57. The van der Waals surface area contributed by atoms with E-state index >= 15 is 0 Å². The molecule has 0 radical (unpaired) electrons. The number of aryl methyl sites for hydroxylation is 1. The maximum atomic E-state index is 6.18. The molecule has 1 spiro atoms. The van der Waals surface area contributed by atoms with E-state index in [1.807, 2.05) is 19.3 Å². The number of nitrogens with zero attached hydrogens (tertiary/aromatic N) is 2. The first-order valence-corrected chi connectivity index (χ1v) is 8.11. The van der Waals surface area contributed by atoms with Gasteiger partial charge >= 0.3 is 0 Å². The first-order valence-electron chi connectivity index (χ1n) is 8.11. The van der Waals surface area contributed by atoms with Crippen LogP contribution in [0.25, 0.3) is 0 Å². The lowest BCUT2D eigenvalue weighted by Gasteiger charge is -2.45. The highest BCUT2D eigenvalue weighted by molar-refractivity contribution is 5.08. The monoisotopic (exact) mass is 290 g/mol. The number of ether oxygens (including phenoxy) is 1. The number of hydrazine groups is 1. The van der Waals surface area contributed by atoms with Crippen molar-refractivity contribution in [2.24, 2.45) is 11.8 Å². The summed E-state index contributed by atoms with van der Waals surface area (Å²) in [6.45, 7) is 2.79. The zero-order valence-corrected chi connectivity index (χ0v) is 12.8. The van der Waals surface area contributed by atoms with Crippen molar-refractivity contribution in [3.05, 3.63) is 23.8 Å². The molecule has 0 amide bonds. The summed E-state index contributed by atoms with van der Waals surface area (Å²) in [7, 11) is 0. The molecule has 21 heavy (non-hydrogen) atoms. The average Bonchev–Trinajstić information content (AvgIpc) is 2.51. The van der Waals surface area contributed by atoms with Gasteiger partial charge in [0.1, 0.15) is 0 Å². The Morgan fingerprint density at radius 1 is 1.29 bits per heavy atom. The molecule has 1 aliphatic carbocycles. The summed E-state index contributed by atoms with van der Waals surface area (Å²) in [6.07, 6.45) is 12.1. The Morgan fingerprint density at radius 3 is 2.76 bits per heavy atom. The zero-order valence-electron chi connectivity index (χ0n) is 12.8. The van der Waals surface area contributed by atoms with Gasteiger partial charge in [0.2, 0.25) is 0 Å². The molecule has 2 unspecified atom stereocenters. The number of nitrogens with two attached hydrogens (primary N) is 1. The predicted molar refractivity (Wildman–Crippen MR) is 81.3 cm³/mol. The molecule has 2 aliphatic rings. The van der Waals surface area contributed by atoms with E-state index in [0.29, 0.717) is 5.92 Å². The van der Waals surface area contributed by atoms with Gasteiger partial charge in [-0.1, -0.05) is 19.3 Å². The van der Waals surface area contributed by atoms with E-state index in [1.54, 1.807) is 0 Å². The molecule has 3 N–H and O–H groups in total. The van der Waals surface area contributed by atoms with Crippen LogP contribution in [0.2, 0.25) is 0 Å². The van der Waals surface area contributed by atoms with Crippen molar-refractivity contribution in [2.75, 3.05) is 6.61 Å². The summed E-state index contributed by atoms with van der Waals surface area (Å²) < 4.78 is 6.18. The van der Waals surface area contributed by atoms with Gasteiger partial charge < -0.3 is 4.74 Å². The van der Waals surface area contributed by atoms with Crippen LogP contribution in [0.5, 0.6) is 0 Å². The Morgan fingerprint density at radius 2 is 2.10 bits per heavy atom. The van der Waals surface area contributed by atoms with Crippen molar-refractivity contribution in [1.29, 1.82) is 0 Å². The number of rotatable bonds is 3. The molecule has 2 atom stereocenters. The van der Waals surface area contributed by atoms with Crippen molar-refractivity contribution >= 4 is 0 Å². The van der Waals surface area contributed by atoms with E-state index in [2.05, 4.69) is 15.4 Å². The molecule has 1 aromatic rings. The Bertz CT molecular complexity index is 450. The van der Waals surface area contributed by atoms with Gasteiger partial charge in [0, 0.05) is 12.8 Å². The lowest BCUT2D eigenvalue weighted by atomic mass is 9.74. The third-order valence-electron chi connectivity index (χ3n) is 5.07. The van der Waals surface area contributed by atoms with Crippen LogP contribution in [0.4, 0.5) is 0 Å². The van der Waals surface area contributed by atoms with E-state index < -0.39 is 0 Å². The van der Waals surface area contributed by atoms with Gasteiger partial charge in [-0.25, -0.2) is 0 Å². The lowest BCUT2D eigenvalue weighted by Crippen LogP contribution is -2.46. The molecule has 0 aromatic carbocycles. The zero-order chi connectivity index (χ0) is 14.7. The molecular weight excluding hydrogens is 264 g/mol. The fraction of sp³-hybridized carbons (Fsp3) is 0.750.